The van der Waals surface area contributed by atoms with E-state index in [1.807, 2.05) is 7.05 Å². The van der Waals surface area contributed by atoms with E-state index < -0.39 is 5.97 Å². The van der Waals surface area contributed by atoms with Crippen molar-refractivity contribution in [2.45, 2.75) is 6.54 Å². The van der Waals surface area contributed by atoms with Crippen LogP contribution in [0.1, 0.15) is 16.1 Å². The maximum absolute atomic E-state index is 11.9. The SMILES string of the molecule is CN1CCN(C(=O)NCc2ccc(C(=O)O)nc2)CC1. The van der Waals surface area contributed by atoms with Gasteiger partial charge in [-0.3, -0.25) is 0 Å². The van der Waals surface area contributed by atoms with Crippen LogP contribution in [0.15, 0.2) is 18.3 Å². The number of carboxylic acids is 1. The van der Waals surface area contributed by atoms with E-state index in [9.17, 15) is 9.59 Å². The number of pyridine rings is 1. The second-order valence-corrected chi connectivity index (χ2v) is 4.81. The highest BCUT2D eigenvalue weighted by atomic mass is 16.4. The van der Waals surface area contributed by atoms with E-state index in [0.29, 0.717) is 6.54 Å². The number of carbonyl (C=O) groups excluding carboxylic acids is 1. The second-order valence-electron chi connectivity index (χ2n) is 4.81. The van der Waals surface area contributed by atoms with Crippen molar-refractivity contribution in [2.75, 3.05) is 33.2 Å². The highest BCUT2D eigenvalue weighted by Gasteiger charge is 2.18. The van der Waals surface area contributed by atoms with E-state index in [0.717, 1.165) is 31.7 Å². The molecule has 2 amide bonds. The third-order valence-electron chi connectivity index (χ3n) is 3.28. The van der Waals surface area contributed by atoms with Crippen LogP contribution in [0, 0.1) is 0 Å². The topological polar surface area (TPSA) is 85.8 Å². The highest BCUT2D eigenvalue weighted by molar-refractivity contribution is 5.85. The van der Waals surface area contributed by atoms with Crippen molar-refractivity contribution in [3.8, 4) is 0 Å². The Morgan fingerprint density at radius 2 is 2.00 bits per heavy atom. The highest BCUT2D eigenvalue weighted by Crippen LogP contribution is 2.02. The first-order valence-corrected chi connectivity index (χ1v) is 6.46. The van der Waals surface area contributed by atoms with Crippen molar-refractivity contribution < 1.29 is 14.7 Å². The lowest BCUT2D eigenvalue weighted by Crippen LogP contribution is -2.50. The number of aromatic nitrogens is 1. The molecule has 0 bridgehead atoms. The molecule has 2 heterocycles. The molecule has 1 fully saturated rings. The van der Waals surface area contributed by atoms with Gasteiger partial charge in [0.2, 0.25) is 0 Å². The number of likely N-dealkylation sites (N-methyl/N-ethyl adjacent to an activating group) is 1. The summed E-state index contributed by atoms with van der Waals surface area (Å²) in [6.45, 7) is 3.54. The Morgan fingerprint density at radius 3 is 2.55 bits per heavy atom. The molecule has 0 aliphatic carbocycles. The molecule has 2 rings (SSSR count). The second kappa shape index (κ2) is 6.33. The van der Waals surface area contributed by atoms with Crippen LogP contribution in [-0.2, 0) is 6.54 Å². The van der Waals surface area contributed by atoms with Crippen LogP contribution >= 0.6 is 0 Å². The van der Waals surface area contributed by atoms with Gasteiger partial charge in [0, 0.05) is 38.9 Å². The van der Waals surface area contributed by atoms with Crippen molar-refractivity contribution in [1.29, 1.82) is 0 Å². The summed E-state index contributed by atoms with van der Waals surface area (Å²) >= 11 is 0. The number of hydrogen-bond donors (Lipinski definition) is 2. The number of carbonyl (C=O) groups is 2. The van der Waals surface area contributed by atoms with Crippen molar-refractivity contribution >= 4 is 12.0 Å². The molecule has 0 unspecified atom stereocenters. The van der Waals surface area contributed by atoms with Gasteiger partial charge in [0.05, 0.1) is 0 Å². The zero-order valence-electron chi connectivity index (χ0n) is 11.4. The number of amides is 2. The Hall–Kier alpha value is -2.15. The predicted molar refractivity (Wildman–Crippen MR) is 72.5 cm³/mol. The molecule has 7 nitrogen and oxygen atoms in total. The van der Waals surface area contributed by atoms with Crippen molar-refractivity contribution in [3.63, 3.8) is 0 Å². The van der Waals surface area contributed by atoms with Crippen LogP contribution in [0.2, 0.25) is 0 Å². The third-order valence-corrected chi connectivity index (χ3v) is 3.28. The third kappa shape index (κ3) is 3.67. The summed E-state index contributed by atoms with van der Waals surface area (Å²) in [6.07, 6.45) is 1.47. The van der Waals surface area contributed by atoms with Gasteiger partial charge in [0.1, 0.15) is 5.69 Å². The number of rotatable bonds is 3. The summed E-state index contributed by atoms with van der Waals surface area (Å²) in [7, 11) is 2.03. The first-order chi connectivity index (χ1) is 9.56. The van der Waals surface area contributed by atoms with Crippen LogP contribution in [0.4, 0.5) is 4.79 Å². The van der Waals surface area contributed by atoms with Crippen molar-refractivity contribution in [1.82, 2.24) is 20.1 Å². The standard InChI is InChI=1S/C13H18N4O3/c1-16-4-6-17(7-5-16)13(20)15-9-10-2-3-11(12(18)19)14-8-10/h2-3,8H,4-7,9H2,1H3,(H,15,20)(H,18,19). The van der Waals surface area contributed by atoms with E-state index in [4.69, 9.17) is 5.11 Å². The number of urea groups is 1. The molecular weight excluding hydrogens is 260 g/mol. The Bertz CT molecular complexity index is 481. The van der Waals surface area contributed by atoms with Gasteiger partial charge in [-0.2, -0.15) is 0 Å². The Kier molecular flexibility index (Phi) is 4.52. The molecular formula is C13H18N4O3. The summed E-state index contributed by atoms with van der Waals surface area (Å²) in [6, 6.07) is 2.99. The number of carboxylic acid groups (broad SMARTS) is 1. The van der Waals surface area contributed by atoms with Crippen LogP contribution < -0.4 is 5.32 Å². The maximum Gasteiger partial charge on any atom is 0.354 e. The summed E-state index contributed by atoms with van der Waals surface area (Å²) < 4.78 is 0. The lowest BCUT2D eigenvalue weighted by Gasteiger charge is -2.32. The molecule has 1 aromatic heterocycles. The Balaban J connectivity index is 1.82. The van der Waals surface area contributed by atoms with Gasteiger partial charge in [-0.1, -0.05) is 6.07 Å². The average Bonchev–Trinajstić information content (AvgIpc) is 2.46. The molecule has 2 N–H and O–H groups in total. The van der Waals surface area contributed by atoms with Crippen LogP contribution in [-0.4, -0.2) is 65.1 Å². The molecule has 1 aliphatic rings. The van der Waals surface area contributed by atoms with E-state index in [1.165, 1.54) is 12.3 Å². The molecule has 0 spiro atoms. The molecule has 0 radical (unpaired) electrons. The van der Waals surface area contributed by atoms with Crippen LogP contribution in [0.5, 0.6) is 0 Å². The first kappa shape index (κ1) is 14.3. The lowest BCUT2D eigenvalue weighted by atomic mass is 10.2. The van der Waals surface area contributed by atoms with Crippen LogP contribution in [0.25, 0.3) is 0 Å². The summed E-state index contributed by atoms with van der Waals surface area (Å²) in [5.41, 5.74) is 0.775. The normalized spacial score (nSPS) is 15.9. The largest absolute Gasteiger partial charge is 0.477 e. The molecule has 7 heteroatoms. The van der Waals surface area contributed by atoms with E-state index >= 15 is 0 Å². The fourth-order valence-corrected chi connectivity index (χ4v) is 1.95. The molecule has 108 valence electrons. The van der Waals surface area contributed by atoms with Gasteiger partial charge in [-0.05, 0) is 18.7 Å². The fourth-order valence-electron chi connectivity index (χ4n) is 1.95. The van der Waals surface area contributed by atoms with E-state index in [1.54, 1.807) is 11.0 Å². The minimum atomic E-state index is -1.06. The van der Waals surface area contributed by atoms with Crippen LogP contribution in [0.3, 0.4) is 0 Å². The molecule has 1 aliphatic heterocycles. The fraction of sp³-hybridized carbons (Fsp3) is 0.462. The molecule has 1 saturated heterocycles. The predicted octanol–water partition coefficient (Wildman–Crippen LogP) is 0.237. The maximum atomic E-state index is 11.9. The Morgan fingerprint density at radius 1 is 1.30 bits per heavy atom. The van der Waals surface area contributed by atoms with Gasteiger partial charge in [-0.15, -0.1) is 0 Å². The van der Waals surface area contributed by atoms with Crippen molar-refractivity contribution in [3.05, 3.63) is 29.6 Å². The summed E-state index contributed by atoms with van der Waals surface area (Å²) in [4.78, 5) is 30.4. The number of aromatic carboxylic acids is 1. The number of hydrogen-bond acceptors (Lipinski definition) is 4. The molecule has 0 saturated carbocycles. The molecule has 0 aromatic carbocycles. The van der Waals surface area contributed by atoms with Gasteiger partial charge >= 0.3 is 12.0 Å². The molecule has 0 atom stereocenters. The quantitative estimate of drug-likeness (QED) is 0.827. The Labute approximate surface area is 117 Å². The molecule has 20 heavy (non-hydrogen) atoms. The minimum Gasteiger partial charge on any atom is -0.477 e. The lowest BCUT2D eigenvalue weighted by molar-refractivity contribution is 0.0690. The van der Waals surface area contributed by atoms with Gasteiger partial charge in [0.25, 0.3) is 0 Å². The summed E-state index contributed by atoms with van der Waals surface area (Å²) in [5, 5.41) is 11.6. The average molecular weight is 278 g/mol. The first-order valence-electron chi connectivity index (χ1n) is 6.46. The van der Waals surface area contributed by atoms with Gasteiger partial charge < -0.3 is 20.2 Å². The zero-order chi connectivity index (χ0) is 14.5. The monoisotopic (exact) mass is 278 g/mol. The molecule has 1 aromatic rings. The number of nitrogens with zero attached hydrogens (tertiary/aromatic N) is 3. The zero-order valence-corrected chi connectivity index (χ0v) is 11.4. The smallest absolute Gasteiger partial charge is 0.354 e. The van der Waals surface area contributed by atoms with Gasteiger partial charge in [-0.25, -0.2) is 14.6 Å². The van der Waals surface area contributed by atoms with E-state index in [2.05, 4.69) is 15.2 Å². The number of piperazine rings is 1. The number of nitrogens with one attached hydrogen (secondary N) is 1. The van der Waals surface area contributed by atoms with Gasteiger partial charge in [0.15, 0.2) is 0 Å². The van der Waals surface area contributed by atoms with E-state index in [-0.39, 0.29) is 11.7 Å². The van der Waals surface area contributed by atoms with Crippen molar-refractivity contribution in [2.24, 2.45) is 0 Å². The minimum absolute atomic E-state index is 0.000792. The summed E-state index contributed by atoms with van der Waals surface area (Å²) in [5.74, 6) is -1.06.